The third-order valence-electron chi connectivity index (χ3n) is 3.09. The lowest BCUT2D eigenvalue weighted by Crippen LogP contribution is -2.06. The second kappa shape index (κ2) is 4.70. The van der Waals surface area contributed by atoms with Crippen LogP contribution in [0.15, 0.2) is 51.9 Å². The van der Waals surface area contributed by atoms with Crippen molar-refractivity contribution in [1.29, 1.82) is 0 Å². The minimum absolute atomic E-state index is 0.119. The smallest absolute Gasteiger partial charge is 0.230 e. The summed E-state index contributed by atoms with van der Waals surface area (Å²) in [5, 5.41) is 3.93. The summed E-state index contributed by atoms with van der Waals surface area (Å²) in [7, 11) is 0. The number of benzene rings is 1. The van der Waals surface area contributed by atoms with E-state index in [2.05, 4.69) is 10.1 Å². The molecule has 0 radical (unpaired) electrons. The number of aryl methyl sites for hydroxylation is 1. The van der Waals surface area contributed by atoms with Gasteiger partial charge in [-0.2, -0.15) is 0 Å². The lowest BCUT2D eigenvalue weighted by Gasteiger charge is -2.02. The zero-order valence-corrected chi connectivity index (χ0v) is 10.9. The van der Waals surface area contributed by atoms with Gasteiger partial charge in [0.1, 0.15) is 5.69 Å². The third-order valence-corrected chi connectivity index (χ3v) is 3.09. The van der Waals surface area contributed by atoms with Crippen molar-refractivity contribution < 1.29 is 4.52 Å². The van der Waals surface area contributed by atoms with Gasteiger partial charge in [0.15, 0.2) is 5.43 Å². The molecule has 5 nitrogen and oxygen atoms in total. The Bertz CT molecular complexity index is 803. The van der Waals surface area contributed by atoms with E-state index in [0.29, 0.717) is 16.8 Å². The highest BCUT2D eigenvalue weighted by Crippen LogP contribution is 2.34. The van der Waals surface area contributed by atoms with Crippen LogP contribution in [-0.2, 0) is 0 Å². The summed E-state index contributed by atoms with van der Waals surface area (Å²) in [6.45, 7) is 1.82. The van der Waals surface area contributed by atoms with Gasteiger partial charge in [0.25, 0.3) is 0 Å². The van der Waals surface area contributed by atoms with E-state index in [-0.39, 0.29) is 11.3 Å². The van der Waals surface area contributed by atoms with Gasteiger partial charge in [-0.1, -0.05) is 35.5 Å². The highest BCUT2D eigenvalue weighted by atomic mass is 16.5. The first-order valence-electron chi connectivity index (χ1n) is 6.17. The molecular formula is C15H13N3O2. The lowest BCUT2D eigenvalue weighted by molar-refractivity contribution is 0.439. The maximum atomic E-state index is 12.1. The molecule has 2 aromatic heterocycles. The fraction of sp³-hybridized carbons (Fsp3) is 0.0667. The van der Waals surface area contributed by atoms with Crippen LogP contribution in [-0.4, -0.2) is 10.1 Å². The van der Waals surface area contributed by atoms with Crippen LogP contribution in [0.25, 0.3) is 22.4 Å². The average molecular weight is 267 g/mol. The van der Waals surface area contributed by atoms with Crippen molar-refractivity contribution in [1.82, 2.24) is 10.1 Å². The Morgan fingerprint density at radius 2 is 2.00 bits per heavy atom. The zero-order chi connectivity index (χ0) is 14.1. The predicted octanol–water partition coefficient (Wildman–Crippen LogP) is 2.59. The third kappa shape index (κ3) is 1.99. The number of nitrogens with one attached hydrogen (secondary N) is 1. The Balaban J connectivity index is 2.24. The van der Waals surface area contributed by atoms with Crippen LogP contribution in [0.3, 0.4) is 0 Å². The molecule has 100 valence electrons. The Labute approximate surface area is 115 Å². The van der Waals surface area contributed by atoms with Gasteiger partial charge in [-0.25, -0.2) is 0 Å². The maximum absolute atomic E-state index is 12.1. The van der Waals surface area contributed by atoms with Crippen molar-refractivity contribution in [2.24, 2.45) is 0 Å². The van der Waals surface area contributed by atoms with E-state index in [1.54, 1.807) is 6.20 Å². The first-order valence-corrected chi connectivity index (χ1v) is 6.17. The minimum atomic E-state index is -0.119. The molecule has 0 saturated carbocycles. The van der Waals surface area contributed by atoms with Gasteiger partial charge in [-0.3, -0.25) is 4.79 Å². The van der Waals surface area contributed by atoms with E-state index >= 15 is 0 Å². The van der Waals surface area contributed by atoms with Crippen molar-refractivity contribution >= 4 is 5.88 Å². The van der Waals surface area contributed by atoms with Crippen LogP contribution in [0.1, 0.15) is 5.69 Å². The van der Waals surface area contributed by atoms with E-state index in [9.17, 15) is 4.79 Å². The first-order chi connectivity index (χ1) is 9.66. The molecule has 0 atom stereocenters. The molecule has 0 saturated heterocycles. The summed E-state index contributed by atoms with van der Waals surface area (Å²) < 4.78 is 5.06. The zero-order valence-electron chi connectivity index (χ0n) is 10.9. The summed E-state index contributed by atoms with van der Waals surface area (Å²) in [5.41, 5.74) is 8.91. The fourth-order valence-electron chi connectivity index (χ4n) is 2.13. The fourth-order valence-corrected chi connectivity index (χ4v) is 2.13. The molecule has 2 heterocycles. The monoisotopic (exact) mass is 267 g/mol. The van der Waals surface area contributed by atoms with Crippen molar-refractivity contribution in [2.45, 2.75) is 6.92 Å². The van der Waals surface area contributed by atoms with Crippen molar-refractivity contribution in [3.05, 3.63) is 58.5 Å². The summed E-state index contributed by atoms with van der Waals surface area (Å²) in [6.07, 6.45) is 1.63. The van der Waals surface area contributed by atoms with Crippen LogP contribution in [0.5, 0.6) is 0 Å². The summed E-state index contributed by atoms with van der Waals surface area (Å²) in [6, 6.07) is 11.0. The summed E-state index contributed by atoms with van der Waals surface area (Å²) in [5.74, 6) is 0.200. The van der Waals surface area contributed by atoms with Crippen LogP contribution in [0.2, 0.25) is 0 Å². The molecule has 0 fully saturated rings. The number of nitrogens with two attached hydrogens (primary N) is 1. The molecule has 0 aliphatic carbocycles. The molecule has 0 aliphatic heterocycles. The Kier molecular flexibility index (Phi) is 2.87. The second-order valence-electron chi connectivity index (χ2n) is 4.53. The van der Waals surface area contributed by atoms with Crippen LogP contribution in [0.4, 0.5) is 5.88 Å². The number of H-pyrrole nitrogens is 1. The molecular weight excluding hydrogens is 254 g/mol. The van der Waals surface area contributed by atoms with E-state index in [1.165, 1.54) is 6.07 Å². The molecule has 0 spiro atoms. The standard InChI is InChI=1S/C15H13N3O2/c1-9-7-12(19)11(8-17-9)14-13(15(16)20-18-14)10-5-3-2-4-6-10/h2-8H,16H2,1H3,(H,17,19). The van der Waals surface area contributed by atoms with Crippen molar-refractivity contribution in [3.8, 4) is 22.4 Å². The Morgan fingerprint density at radius 1 is 1.25 bits per heavy atom. The van der Waals surface area contributed by atoms with Crippen LogP contribution >= 0.6 is 0 Å². The number of hydrogen-bond acceptors (Lipinski definition) is 4. The molecule has 1 aromatic carbocycles. The molecule has 0 amide bonds. The van der Waals surface area contributed by atoms with Gasteiger partial charge in [-0.15, -0.1) is 0 Å². The quantitative estimate of drug-likeness (QED) is 0.747. The number of aromatic amines is 1. The lowest BCUT2D eigenvalue weighted by atomic mass is 10.0. The molecule has 0 aliphatic rings. The topological polar surface area (TPSA) is 84.9 Å². The number of anilines is 1. The van der Waals surface area contributed by atoms with Crippen molar-refractivity contribution in [3.63, 3.8) is 0 Å². The number of nitrogens with zero attached hydrogens (tertiary/aromatic N) is 1. The van der Waals surface area contributed by atoms with Crippen LogP contribution < -0.4 is 11.2 Å². The maximum Gasteiger partial charge on any atom is 0.230 e. The summed E-state index contributed by atoms with van der Waals surface area (Å²) in [4.78, 5) is 15.1. The molecule has 0 bridgehead atoms. The van der Waals surface area contributed by atoms with Gasteiger partial charge >= 0.3 is 0 Å². The van der Waals surface area contributed by atoms with Gasteiger partial charge in [-0.05, 0) is 12.5 Å². The van der Waals surface area contributed by atoms with Gasteiger partial charge in [0.2, 0.25) is 5.88 Å². The van der Waals surface area contributed by atoms with E-state index in [4.69, 9.17) is 10.3 Å². The molecule has 3 aromatic rings. The van der Waals surface area contributed by atoms with E-state index in [0.717, 1.165) is 11.3 Å². The highest BCUT2D eigenvalue weighted by Gasteiger charge is 2.19. The number of pyridine rings is 1. The van der Waals surface area contributed by atoms with E-state index < -0.39 is 0 Å². The van der Waals surface area contributed by atoms with E-state index in [1.807, 2.05) is 37.3 Å². The molecule has 0 unspecified atom stereocenters. The number of nitrogen functional groups attached to an aromatic ring is 1. The predicted molar refractivity (Wildman–Crippen MR) is 77.1 cm³/mol. The number of rotatable bonds is 2. The molecule has 20 heavy (non-hydrogen) atoms. The van der Waals surface area contributed by atoms with Crippen molar-refractivity contribution in [2.75, 3.05) is 5.73 Å². The Hall–Kier alpha value is -2.82. The largest absolute Gasteiger partial charge is 0.367 e. The van der Waals surface area contributed by atoms with Crippen LogP contribution in [0, 0.1) is 6.92 Å². The minimum Gasteiger partial charge on any atom is -0.367 e. The molecule has 3 N–H and O–H groups in total. The first kappa shape index (κ1) is 12.2. The van der Waals surface area contributed by atoms with Gasteiger partial charge in [0, 0.05) is 18.0 Å². The highest BCUT2D eigenvalue weighted by molar-refractivity contribution is 5.86. The number of hydrogen-bond donors (Lipinski definition) is 2. The Morgan fingerprint density at radius 3 is 2.70 bits per heavy atom. The second-order valence-corrected chi connectivity index (χ2v) is 4.53. The average Bonchev–Trinajstić information content (AvgIpc) is 2.81. The number of aromatic nitrogens is 2. The SMILES string of the molecule is Cc1cc(=O)c(-c2noc(N)c2-c2ccccc2)c[nH]1. The molecule has 5 heteroatoms. The van der Waals surface area contributed by atoms with Gasteiger partial charge < -0.3 is 15.2 Å². The van der Waals surface area contributed by atoms with Gasteiger partial charge in [0.05, 0.1) is 11.1 Å². The summed E-state index contributed by atoms with van der Waals surface area (Å²) >= 11 is 0. The normalized spacial score (nSPS) is 10.7. The molecule has 3 rings (SSSR count).